The van der Waals surface area contributed by atoms with Crippen LogP contribution in [-0.2, 0) is 5.67 Å². The van der Waals surface area contributed by atoms with Crippen molar-refractivity contribution in [2.24, 2.45) is 0 Å². The van der Waals surface area contributed by atoms with E-state index in [-0.39, 0.29) is 6.07 Å². The van der Waals surface area contributed by atoms with Gasteiger partial charge < -0.3 is 15.4 Å². The number of hydrogen-bond acceptors (Lipinski definition) is 3. The molecule has 2 N–H and O–H groups in total. The molecule has 226 valence electrons. The standard InChI is InChI=1S/C24H11ClF12N2O3/c25-13-6-9(22(31,23(32,33)34)24(35,36)37)7-16(42-21(29)30)18(13)39-20(41)12-2-1-3-15(17(12)28)38-19(40)11-5-4-10(26)8-14(11)27/h1-8,21H,(H,38,40)(H,39,41). The highest BCUT2D eigenvalue weighted by molar-refractivity contribution is 6.34. The van der Waals surface area contributed by atoms with E-state index < -0.39 is 98.8 Å². The van der Waals surface area contributed by atoms with Gasteiger partial charge in [-0.3, -0.25) is 9.59 Å². The number of carbonyl (C=O) groups excluding carboxylic acids is 2. The first-order valence-electron chi connectivity index (χ1n) is 10.8. The third-order valence-electron chi connectivity index (χ3n) is 5.35. The lowest BCUT2D eigenvalue weighted by molar-refractivity contribution is -0.348. The highest BCUT2D eigenvalue weighted by atomic mass is 35.5. The molecule has 0 atom stereocenters. The predicted molar refractivity (Wildman–Crippen MR) is 122 cm³/mol. The van der Waals surface area contributed by atoms with E-state index in [1.165, 1.54) is 0 Å². The predicted octanol–water partition coefficient (Wildman–Crippen LogP) is 8.15. The fourth-order valence-electron chi connectivity index (χ4n) is 3.43. The molecule has 3 rings (SSSR count). The van der Waals surface area contributed by atoms with Crippen molar-refractivity contribution >= 4 is 34.8 Å². The van der Waals surface area contributed by atoms with Crippen molar-refractivity contribution in [1.82, 2.24) is 0 Å². The van der Waals surface area contributed by atoms with Crippen LogP contribution in [-0.4, -0.2) is 30.8 Å². The van der Waals surface area contributed by atoms with Crippen molar-refractivity contribution in [3.63, 3.8) is 0 Å². The Morgan fingerprint density at radius 2 is 1.38 bits per heavy atom. The van der Waals surface area contributed by atoms with Gasteiger partial charge in [-0.25, -0.2) is 17.6 Å². The molecule has 2 amide bonds. The first kappa shape index (κ1) is 32.4. The minimum atomic E-state index is -6.66. The maximum atomic E-state index is 15.0. The second-order valence-corrected chi connectivity index (χ2v) is 8.47. The van der Waals surface area contributed by atoms with Gasteiger partial charge in [0.1, 0.15) is 17.3 Å². The Morgan fingerprint density at radius 3 is 1.93 bits per heavy atom. The third kappa shape index (κ3) is 6.34. The lowest BCUT2D eigenvalue weighted by Crippen LogP contribution is -2.50. The van der Waals surface area contributed by atoms with Gasteiger partial charge in [0.05, 0.1) is 21.8 Å². The smallest absolute Gasteiger partial charge is 0.433 e. The Labute approximate surface area is 231 Å². The summed E-state index contributed by atoms with van der Waals surface area (Å²) in [6.45, 7) is -3.94. The Morgan fingerprint density at radius 1 is 0.786 bits per heavy atom. The average molecular weight is 639 g/mol. The maximum absolute atomic E-state index is 15.0. The van der Waals surface area contributed by atoms with Crippen molar-refractivity contribution < 1.29 is 67.0 Å². The van der Waals surface area contributed by atoms with Gasteiger partial charge >= 0.3 is 24.6 Å². The van der Waals surface area contributed by atoms with E-state index in [0.717, 1.165) is 18.2 Å². The molecule has 0 bridgehead atoms. The molecule has 0 saturated heterocycles. The molecule has 0 aromatic heterocycles. The van der Waals surface area contributed by atoms with Crippen LogP contribution in [0.15, 0.2) is 48.5 Å². The molecule has 0 heterocycles. The van der Waals surface area contributed by atoms with Crippen LogP contribution in [0.25, 0.3) is 0 Å². The Balaban J connectivity index is 2.01. The number of hydrogen-bond donors (Lipinski definition) is 2. The first-order valence-corrected chi connectivity index (χ1v) is 11.1. The molecule has 0 aliphatic rings. The van der Waals surface area contributed by atoms with Crippen molar-refractivity contribution in [2.75, 3.05) is 10.6 Å². The summed E-state index contributed by atoms with van der Waals surface area (Å²) in [6, 6.07) is 3.62. The summed E-state index contributed by atoms with van der Waals surface area (Å²) in [5, 5.41) is 2.18. The van der Waals surface area contributed by atoms with Gasteiger partial charge in [0.25, 0.3) is 11.8 Å². The third-order valence-corrected chi connectivity index (χ3v) is 5.65. The number of rotatable bonds is 7. The molecule has 42 heavy (non-hydrogen) atoms. The molecule has 0 saturated carbocycles. The average Bonchev–Trinajstić information content (AvgIpc) is 2.84. The molecule has 3 aromatic carbocycles. The number of amides is 2. The number of anilines is 2. The van der Waals surface area contributed by atoms with E-state index >= 15 is 4.39 Å². The molecule has 0 unspecified atom stereocenters. The maximum Gasteiger partial charge on any atom is 0.435 e. The summed E-state index contributed by atoms with van der Waals surface area (Å²) >= 11 is 5.64. The zero-order chi connectivity index (χ0) is 31.8. The molecule has 5 nitrogen and oxygen atoms in total. The number of nitrogens with one attached hydrogen (secondary N) is 2. The van der Waals surface area contributed by atoms with Gasteiger partial charge in [0, 0.05) is 11.6 Å². The minimum Gasteiger partial charge on any atom is -0.433 e. The largest absolute Gasteiger partial charge is 0.435 e. The highest BCUT2D eigenvalue weighted by Crippen LogP contribution is 2.55. The first-order chi connectivity index (χ1) is 19.3. The highest BCUT2D eigenvalue weighted by Gasteiger charge is 2.73. The van der Waals surface area contributed by atoms with E-state index in [1.807, 2.05) is 5.32 Å². The summed E-state index contributed by atoms with van der Waals surface area (Å²) in [6.07, 6.45) is -13.3. The lowest BCUT2D eigenvalue weighted by Gasteiger charge is -2.31. The summed E-state index contributed by atoms with van der Waals surface area (Å²) in [7, 11) is 0. The lowest BCUT2D eigenvalue weighted by atomic mass is 9.93. The van der Waals surface area contributed by atoms with Gasteiger partial charge in [-0.1, -0.05) is 17.7 Å². The van der Waals surface area contributed by atoms with Crippen molar-refractivity contribution in [3.8, 4) is 5.75 Å². The van der Waals surface area contributed by atoms with Crippen LogP contribution in [0.1, 0.15) is 26.3 Å². The summed E-state index contributed by atoms with van der Waals surface area (Å²) in [5.41, 5.74) is -12.2. The van der Waals surface area contributed by atoms with E-state index in [2.05, 4.69) is 4.74 Å². The summed E-state index contributed by atoms with van der Waals surface area (Å²) in [4.78, 5) is 25.0. The number of ether oxygens (including phenoxy) is 1. The summed E-state index contributed by atoms with van der Waals surface area (Å²) in [5.74, 6) is -8.51. The molecule has 0 spiro atoms. The number of alkyl halides is 9. The van der Waals surface area contributed by atoms with E-state index in [0.29, 0.717) is 18.2 Å². The van der Waals surface area contributed by atoms with Crippen LogP contribution < -0.4 is 15.4 Å². The topological polar surface area (TPSA) is 67.4 Å². The monoisotopic (exact) mass is 638 g/mol. The van der Waals surface area contributed by atoms with Crippen LogP contribution in [0.2, 0.25) is 5.02 Å². The Hall–Kier alpha value is -4.15. The van der Waals surface area contributed by atoms with Crippen molar-refractivity contribution in [3.05, 3.63) is 87.7 Å². The van der Waals surface area contributed by atoms with Crippen LogP contribution in [0.5, 0.6) is 5.75 Å². The fourth-order valence-corrected chi connectivity index (χ4v) is 3.68. The normalized spacial score (nSPS) is 12.3. The second kappa shape index (κ2) is 11.6. The van der Waals surface area contributed by atoms with Gasteiger partial charge in [0.15, 0.2) is 11.6 Å². The van der Waals surface area contributed by atoms with E-state index in [1.54, 1.807) is 5.32 Å². The molecule has 3 aromatic rings. The molecule has 18 heteroatoms. The van der Waals surface area contributed by atoms with Crippen molar-refractivity contribution in [1.29, 1.82) is 0 Å². The van der Waals surface area contributed by atoms with E-state index in [4.69, 9.17) is 11.6 Å². The minimum absolute atomic E-state index is 0.263. The zero-order valence-corrected chi connectivity index (χ0v) is 20.6. The zero-order valence-electron chi connectivity index (χ0n) is 19.8. The van der Waals surface area contributed by atoms with Crippen LogP contribution in [0.4, 0.5) is 64.1 Å². The van der Waals surface area contributed by atoms with Gasteiger partial charge in [0.2, 0.25) is 0 Å². The van der Waals surface area contributed by atoms with Gasteiger partial charge in [-0.15, -0.1) is 0 Å². The number of halogens is 13. The molecule has 0 radical (unpaired) electrons. The molecule has 0 aliphatic carbocycles. The SMILES string of the molecule is O=C(Nc1cccc(C(=O)Nc2c(Cl)cc(C(F)(C(F)(F)F)C(F)(F)F)cc2OC(F)F)c1F)c1ccc(F)cc1F. The van der Waals surface area contributed by atoms with Crippen LogP contribution >= 0.6 is 11.6 Å². The van der Waals surface area contributed by atoms with E-state index in [9.17, 15) is 57.9 Å². The molecular formula is C24H11ClF12N2O3. The van der Waals surface area contributed by atoms with Crippen LogP contribution in [0, 0.1) is 17.5 Å². The Kier molecular flexibility index (Phi) is 8.95. The Bertz CT molecular complexity index is 1510. The van der Waals surface area contributed by atoms with Crippen LogP contribution in [0.3, 0.4) is 0 Å². The second-order valence-electron chi connectivity index (χ2n) is 8.06. The summed E-state index contributed by atoms with van der Waals surface area (Å²) < 4.78 is 165. The number of benzene rings is 3. The molecule has 0 fully saturated rings. The quantitative estimate of drug-likeness (QED) is 0.257. The van der Waals surface area contributed by atoms with Crippen molar-refractivity contribution in [2.45, 2.75) is 24.6 Å². The molecule has 0 aliphatic heterocycles. The van der Waals surface area contributed by atoms with Gasteiger partial charge in [-0.2, -0.15) is 35.1 Å². The van der Waals surface area contributed by atoms with Gasteiger partial charge in [-0.05, 0) is 36.4 Å². The molecular weight excluding hydrogens is 628 g/mol. The number of carbonyl (C=O) groups is 2. The fraction of sp³-hybridized carbons (Fsp3) is 0.167.